The van der Waals surface area contributed by atoms with Crippen molar-refractivity contribution in [3.05, 3.63) is 69.9 Å². The first-order valence-electron chi connectivity index (χ1n) is 7.81. The maximum atomic E-state index is 13.8. The molecule has 0 aliphatic carbocycles. The van der Waals surface area contributed by atoms with Crippen LogP contribution in [0.1, 0.15) is 0 Å². The molecular weight excluding hydrogens is 394 g/mol. The predicted molar refractivity (Wildman–Crippen MR) is 95.3 cm³/mol. The molecule has 0 unspecified atom stereocenters. The van der Waals surface area contributed by atoms with Crippen molar-refractivity contribution in [1.29, 1.82) is 0 Å². The number of hydrogen-bond donors (Lipinski definition) is 1. The molecule has 0 amide bonds. The van der Waals surface area contributed by atoms with Crippen molar-refractivity contribution in [3.8, 4) is 11.5 Å². The Morgan fingerprint density at radius 2 is 1.83 bits per heavy atom. The van der Waals surface area contributed by atoms with Gasteiger partial charge in [-0.15, -0.1) is 0 Å². The molecule has 0 atom stereocenters. The van der Waals surface area contributed by atoms with Crippen LogP contribution in [0, 0.1) is 21.7 Å². The first kappa shape index (κ1) is 21.3. The lowest BCUT2D eigenvalue weighted by atomic mass is 10.2. The smallest absolute Gasteiger partial charge is 0.354 e. The highest BCUT2D eigenvalue weighted by atomic mass is 19.1. The van der Waals surface area contributed by atoms with E-state index >= 15 is 0 Å². The Bertz CT molecular complexity index is 992. The van der Waals surface area contributed by atoms with E-state index in [9.17, 15) is 28.5 Å². The van der Waals surface area contributed by atoms with Crippen LogP contribution in [0.15, 0.2) is 48.2 Å². The summed E-state index contributed by atoms with van der Waals surface area (Å²) in [6.07, 6.45) is 0.783. The summed E-state index contributed by atoms with van der Waals surface area (Å²) in [6, 6.07) is 5.78. The van der Waals surface area contributed by atoms with Gasteiger partial charge in [0.1, 0.15) is 17.3 Å². The van der Waals surface area contributed by atoms with Crippen molar-refractivity contribution in [2.24, 2.45) is 0 Å². The number of hydrogen-bond acceptors (Lipinski definition) is 8. The van der Waals surface area contributed by atoms with Gasteiger partial charge in [-0.1, -0.05) is 0 Å². The van der Waals surface area contributed by atoms with Gasteiger partial charge in [0.05, 0.1) is 31.3 Å². The second-order valence-electron chi connectivity index (χ2n) is 5.35. The van der Waals surface area contributed by atoms with Gasteiger partial charge in [0.25, 0.3) is 5.69 Å². The second-order valence-corrected chi connectivity index (χ2v) is 5.35. The number of benzene rings is 2. The maximum Gasteiger partial charge on any atom is 0.354 e. The Morgan fingerprint density at radius 3 is 2.41 bits per heavy atom. The molecule has 0 saturated carbocycles. The summed E-state index contributed by atoms with van der Waals surface area (Å²) >= 11 is 0. The molecule has 0 fully saturated rings. The summed E-state index contributed by atoms with van der Waals surface area (Å²) in [4.78, 5) is 33.7. The fourth-order valence-corrected chi connectivity index (χ4v) is 2.09. The minimum absolute atomic E-state index is 0.0442. The van der Waals surface area contributed by atoms with Crippen LogP contribution >= 0.6 is 0 Å². The number of carbonyl (C=O) groups is 2. The third-order valence-corrected chi connectivity index (χ3v) is 3.37. The van der Waals surface area contributed by atoms with Crippen LogP contribution in [0.25, 0.3) is 0 Å². The lowest BCUT2D eigenvalue weighted by Gasteiger charge is -2.12. The highest BCUT2D eigenvalue weighted by Gasteiger charge is 2.17. The molecule has 2 aromatic rings. The van der Waals surface area contributed by atoms with E-state index in [2.05, 4.69) is 14.8 Å². The summed E-state index contributed by atoms with van der Waals surface area (Å²) in [7, 11) is 2.15. The minimum atomic E-state index is -1.02. The number of anilines is 1. The number of nitrogens with one attached hydrogen (secondary N) is 1. The molecule has 0 radical (unpaired) electrons. The molecule has 0 saturated heterocycles. The van der Waals surface area contributed by atoms with Crippen molar-refractivity contribution >= 4 is 23.3 Å². The topological polar surface area (TPSA) is 117 Å². The number of nitrogens with zero attached hydrogens (tertiary/aromatic N) is 1. The predicted octanol–water partition coefficient (Wildman–Crippen LogP) is 3.31. The van der Waals surface area contributed by atoms with E-state index in [1.165, 1.54) is 6.07 Å². The second kappa shape index (κ2) is 9.26. The summed E-state index contributed by atoms with van der Waals surface area (Å²) in [5.41, 5.74) is -0.883. The number of ether oxygens (including phenoxy) is 3. The van der Waals surface area contributed by atoms with Gasteiger partial charge in [-0.25, -0.2) is 18.4 Å². The van der Waals surface area contributed by atoms with Crippen LogP contribution in [0.5, 0.6) is 11.5 Å². The SMILES string of the molecule is COC(=O)/C=C(/Nc1cc(Oc2ccc(F)cc2F)cc([N+](=O)[O-])c1)C(=O)OC. The molecule has 2 aromatic carbocycles. The summed E-state index contributed by atoms with van der Waals surface area (Å²) in [5.74, 6) is -4.24. The third kappa shape index (κ3) is 5.73. The van der Waals surface area contributed by atoms with Crippen LogP contribution in [0.2, 0.25) is 0 Å². The number of carbonyl (C=O) groups excluding carboxylic acids is 2. The normalized spacial score (nSPS) is 10.8. The molecule has 9 nitrogen and oxygen atoms in total. The molecule has 11 heteroatoms. The average molecular weight is 408 g/mol. The molecule has 29 heavy (non-hydrogen) atoms. The zero-order valence-electron chi connectivity index (χ0n) is 15.1. The van der Waals surface area contributed by atoms with E-state index < -0.39 is 34.2 Å². The number of nitro benzene ring substituents is 1. The molecule has 0 aromatic heterocycles. The van der Waals surface area contributed by atoms with Gasteiger partial charge < -0.3 is 19.5 Å². The van der Waals surface area contributed by atoms with Gasteiger partial charge in [-0.3, -0.25) is 10.1 Å². The van der Waals surface area contributed by atoms with E-state index in [0.717, 1.165) is 44.6 Å². The summed E-state index contributed by atoms with van der Waals surface area (Å²) < 4.78 is 41.0. The molecule has 2 rings (SSSR count). The quantitative estimate of drug-likeness (QED) is 0.321. The van der Waals surface area contributed by atoms with Gasteiger partial charge >= 0.3 is 11.9 Å². The standard InChI is InChI=1S/C18H14F2N2O7/c1-27-17(23)9-15(18(24)28-2)21-11-6-12(22(25)26)8-13(7-11)29-16-4-3-10(19)5-14(16)20/h3-9,21H,1-2H3/b15-9+. The Hall–Kier alpha value is -4.02. The number of non-ortho nitro benzene ring substituents is 1. The van der Waals surface area contributed by atoms with E-state index in [4.69, 9.17) is 4.74 Å². The minimum Gasteiger partial charge on any atom is -0.466 e. The maximum absolute atomic E-state index is 13.8. The molecule has 0 spiro atoms. The number of halogens is 2. The van der Waals surface area contributed by atoms with Crippen LogP contribution in [0.3, 0.4) is 0 Å². The monoisotopic (exact) mass is 408 g/mol. The van der Waals surface area contributed by atoms with Crippen molar-refractivity contribution < 1.29 is 37.5 Å². The average Bonchev–Trinajstić information content (AvgIpc) is 2.68. The highest BCUT2D eigenvalue weighted by molar-refractivity contribution is 5.98. The first-order valence-corrected chi connectivity index (χ1v) is 7.81. The fraction of sp³-hybridized carbons (Fsp3) is 0.111. The van der Waals surface area contributed by atoms with E-state index in [1.807, 2.05) is 0 Å². The summed E-state index contributed by atoms with van der Waals surface area (Å²) in [6.45, 7) is 0. The highest BCUT2D eigenvalue weighted by Crippen LogP contribution is 2.31. The van der Waals surface area contributed by atoms with E-state index in [0.29, 0.717) is 6.07 Å². The molecule has 0 bridgehead atoms. The van der Waals surface area contributed by atoms with Crippen molar-refractivity contribution in [2.75, 3.05) is 19.5 Å². The largest absolute Gasteiger partial charge is 0.466 e. The van der Waals surface area contributed by atoms with Gasteiger partial charge in [-0.2, -0.15) is 0 Å². The van der Waals surface area contributed by atoms with Crippen LogP contribution in [0.4, 0.5) is 20.2 Å². The van der Waals surface area contributed by atoms with Crippen LogP contribution in [-0.2, 0) is 19.1 Å². The number of methoxy groups -OCH3 is 2. The third-order valence-electron chi connectivity index (χ3n) is 3.37. The van der Waals surface area contributed by atoms with Crippen LogP contribution in [-0.4, -0.2) is 31.1 Å². The van der Waals surface area contributed by atoms with E-state index in [-0.39, 0.29) is 22.9 Å². The van der Waals surface area contributed by atoms with Gasteiger partial charge in [0, 0.05) is 23.9 Å². The Labute approximate surface area is 162 Å². The Balaban J connectivity index is 2.43. The van der Waals surface area contributed by atoms with E-state index in [1.54, 1.807) is 0 Å². The Morgan fingerprint density at radius 1 is 1.10 bits per heavy atom. The van der Waals surface area contributed by atoms with Crippen molar-refractivity contribution in [1.82, 2.24) is 0 Å². The fourth-order valence-electron chi connectivity index (χ4n) is 2.09. The number of esters is 2. The number of nitro groups is 1. The van der Waals surface area contributed by atoms with Crippen LogP contribution < -0.4 is 10.1 Å². The lowest BCUT2D eigenvalue weighted by Crippen LogP contribution is -2.15. The zero-order valence-corrected chi connectivity index (χ0v) is 15.1. The zero-order chi connectivity index (χ0) is 21.6. The van der Waals surface area contributed by atoms with Crippen molar-refractivity contribution in [2.45, 2.75) is 0 Å². The van der Waals surface area contributed by atoms with Gasteiger partial charge in [0.15, 0.2) is 11.6 Å². The Kier molecular flexibility index (Phi) is 6.80. The van der Waals surface area contributed by atoms with Crippen molar-refractivity contribution in [3.63, 3.8) is 0 Å². The molecule has 1 N–H and O–H groups in total. The lowest BCUT2D eigenvalue weighted by molar-refractivity contribution is -0.384. The molecular formula is C18H14F2N2O7. The first-order chi connectivity index (χ1) is 13.7. The molecule has 0 aliphatic rings. The number of rotatable bonds is 7. The molecule has 152 valence electrons. The molecule has 0 heterocycles. The summed E-state index contributed by atoms with van der Waals surface area (Å²) in [5, 5.41) is 13.7. The van der Waals surface area contributed by atoms with Gasteiger partial charge in [-0.05, 0) is 12.1 Å². The van der Waals surface area contributed by atoms with Gasteiger partial charge in [0.2, 0.25) is 0 Å². The molecule has 0 aliphatic heterocycles.